The molecule has 0 saturated heterocycles. The number of hydrogen-bond acceptors (Lipinski definition) is 4. The molecule has 0 aliphatic heterocycles. The molecule has 1 aromatic carbocycles. The Hall–Kier alpha value is -2.21. The molecule has 0 unspecified atom stereocenters. The predicted molar refractivity (Wildman–Crippen MR) is 82.9 cm³/mol. The van der Waals surface area contributed by atoms with Gasteiger partial charge in [0.1, 0.15) is 0 Å². The normalized spacial score (nSPS) is 14.5. The quantitative estimate of drug-likeness (QED) is 0.778. The molecule has 3 aromatic rings. The standard InChI is InChI=1S/C15H14N4OS/c1-8-3-2-4-11-12(8)17-15(21-11)18-14(20)10-7-16-19-13(10)9-5-6-9/h2-4,7,9H,5-6H2,1H3,(H,16,19)(H,17,18,20). The van der Waals surface area contributed by atoms with Gasteiger partial charge >= 0.3 is 0 Å². The van der Waals surface area contributed by atoms with Gasteiger partial charge in [-0.1, -0.05) is 23.5 Å². The number of hydrogen-bond donors (Lipinski definition) is 2. The van der Waals surface area contributed by atoms with Gasteiger partial charge < -0.3 is 0 Å². The molecule has 5 nitrogen and oxygen atoms in total. The van der Waals surface area contributed by atoms with E-state index in [9.17, 15) is 4.79 Å². The molecule has 1 fully saturated rings. The van der Waals surface area contributed by atoms with E-state index in [-0.39, 0.29) is 5.91 Å². The lowest BCUT2D eigenvalue weighted by molar-refractivity contribution is 0.102. The van der Waals surface area contributed by atoms with Crippen molar-refractivity contribution < 1.29 is 4.79 Å². The van der Waals surface area contributed by atoms with Crippen LogP contribution >= 0.6 is 11.3 Å². The number of aryl methyl sites for hydroxylation is 1. The number of rotatable bonds is 3. The summed E-state index contributed by atoms with van der Waals surface area (Å²) in [6, 6.07) is 6.04. The van der Waals surface area contributed by atoms with Gasteiger partial charge in [-0.05, 0) is 31.4 Å². The molecule has 6 heteroatoms. The Labute approximate surface area is 125 Å². The molecule has 2 N–H and O–H groups in total. The minimum atomic E-state index is -0.137. The first kappa shape index (κ1) is 12.5. The summed E-state index contributed by atoms with van der Waals surface area (Å²) in [5, 5.41) is 10.5. The summed E-state index contributed by atoms with van der Waals surface area (Å²) < 4.78 is 1.08. The number of thiazole rings is 1. The second-order valence-corrected chi connectivity index (χ2v) is 6.40. The number of nitrogens with one attached hydrogen (secondary N) is 2. The molecule has 0 spiro atoms. The van der Waals surface area contributed by atoms with E-state index in [0.29, 0.717) is 16.6 Å². The van der Waals surface area contributed by atoms with Crippen molar-refractivity contribution >= 4 is 32.6 Å². The summed E-state index contributed by atoms with van der Waals surface area (Å²) in [6.07, 6.45) is 3.85. The van der Waals surface area contributed by atoms with Crippen LogP contribution in [0.15, 0.2) is 24.4 Å². The highest BCUT2D eigenvalue weighted by Gasteiger charge is 2.30. The summed E-state index contributed by atoms with van der Waals surface area (Å²) in [5.41, 5.74) is 3.65. The van der Waals surface area contributed by atoms with Crippen molar-refractivity contribution in [3.05, 3.63) is 41.2 Å². The fraction of sp³-hybridized carbons (Fsp3) is 0.267. The van der Waals surface area contributed by atoms with Gasteiger partial charge in [-0.25, -0.2) is 4.98 Å². The average Bonchev–Trinajstić information content (AvgIpc) is 3.03. The Morgan fingerprint density at radius 3 is 3.05 bits per heavy atom. The molecule has 0 atom stereocenters. The number of nitrogens with zero attached hydrogens (tertiary/aromatic N) is 2. The van der Waals surface area contributed by atoms with Gasteiger partial charge in [-0.2, -0.15) is 5.10 Å². The summed E-state index contributed by atoms with van der Waals surface area (Å²) in [7, 11) is 0. The van der Waals surface area contributed by atoms with E-state index in [1.54, 1.807) is 6.20 Å². The zero-order valence-corrected chi connectivity index (χ0v) is 12.3. The fourth-order valence-electron chi connectivity index (χ4n) is 2.46. The number of anilines is 1. The summed E-state index contributed by atoms with van der Waals surface area (Å²) in [5.74, 6) is 0.327. The molecule has 2 aromatic heterocycles. The lowest BCUT2D eigenvalue weighted by atomic mass is 10.2. The van der Waals surface area contributed by atoms with Crippen LogP contribution in [0, 0.1) is 6.92 Å². The highest BCUT2D eigenvalue weighted by atomic mass is 32.1. The van der Waals surface area contributed by atoms with E-state index in [4.69, 9.17) is 0 Å². The zero-order valence-electron chi connectivity index (χ0n) is 11.5. The third-order valence-electron chi connectivity index (χ3n) is 3.74. The van der Waals surface area contributed by atoms with E-state index in [2.05, 4.69) is 20.5 Å². The number of H-pyrrole nitrogens is 1. The van der Waals surface area contributed by atoms with Crippen LogP contribution in [0.5, 0.6) is 0 Å². The summed E-state index contributed by atoms with van der Waals surface area (Å²) in [4.78, 5) is 16.9. The fourth-order valence-corrected chi connectivity index (χ4v) is 3.40. The Kier molecular flexibility index (Phi) is 2.78. The molecule has 1 saturated carbocycles. The van der Waals surface area contributed by atoms with Crippen molar-refractivity contribution in [1.82, 2.24) is 15.2 Å². The molecule has 21 heavy (non-hydrogen) atoms. The van der Waals surface area contributed by atoms with Crippen molar-refractivity contribution in [2.45, 2.75) is 25.7 Å². The van der Waals surface area contributed by atoms with Crippen LogP contribution in [-0.2, 0) is 0 Å². The molecule has 0 bridgehead atoms. The van der Waals surface area contributed by atoms with Crippen LogP contribution < -0.4 is 5.32 Å². The van der Waals surface area contributed by atoms with Crippen LogP contribution in [0.1, 0.15) is 40.4 Å². The number of carbonyl (C=O) groups excluding carboxylic acids is 1. The molecule has 1 amide bonds. The lowest BCUT2D eigenvalue weighted by Crippen LogP contribution is -2.12. The molecule has 2 heterocycles. The Morgan fingerprint density at radius 2 is 2.29 bits per heavy atom. The van der Waals surface area contributed by atoms with E-state index in [1.807, 2.05) is 25.1 Å². The number of amides is 1. The monoisotopic (exact) mass is 298 g/mol. The molecular formula is C15H14N4OS. The van der Waals surface area contributed by atoms with E-state index < -0.39 is 0 Å². The van der Waals surface area contributed by atoms with Crippen LogP contribution in [0.3, 0.4) is 0 Å². The number of aromatic nitrogens is 3. The lowest BCUT2D eigenvalue weighted by Gasteiger charge is -2.01. The van der Waals surface area contributed by atoms with Gasteiger partial charge in [0.25, 0.3) is 5.91 Å². The number of aromatic amines is 1. The number of para-hydroxylation sites is 1. The van der Waals surface area contributed by atoms with Crippen LogP contribution in [0.2, 0.25) is 0 Å². The first-order valence-corrected chi connectivity index (χ1v) is 7.75. The van der Waals surface area contributed by atoms with Gasteiger partial charge in [0.05, 0.1) is 27.7 Å². The van der Waals surface area contributed by atoms with E-state index in [1.165, 1.54) is 11.3 Å². The maximum Gasteiger partial charge on any atom is 0.260 e. The van der Waals surface area contributed by atoms with E-state index >= 15 is 0 Å². The SMILES string of the molecule is Cc1cccc2sc(NC(=O)c3cn[nH]c3C3CC3)nc12. The molecule has 1 aliphatic rings. The second kappa shape index (κ2) is 4.66. The molecule has 4 rings (SSSR count). The van der Waals surface area contributed by atoms with Crippen LogP contribution in [-0.4, -0.2) is 21.1 Å². The van der Waals surface area contributed by atoms with Crippen molar-refractivity contribution in [2.75, 3.05) is 5.32 Å². The zero-order chi connectivity index (χ0) is 14.4. The van der Waals surface area contributed by atoms with Crippen molar-refractivity contribution in [2.24, 2.45) is 0 Å². The summed E-state index contributed by atoms with van der Waals surface area (Å²) in [6.45, 7) is 2.02. The highest BCUT2D eigenvalue weighted by Crippen LogP contribution is 2.40. The van der Waals surface area contributed by atoms with E-state index in [0.717, 1.165) is 34.3 Å². The number of benzene rings is 1. The minimum absolute atomic E-state index is 0.137. The maximum atomic E-state index is 12.4. The molecular weight excluding hydrogens is 284 g/mol. The molecule has 0 radical (unpaired) electrons. The second-order valence-electron chi connectivity index (χ2n) is 5.37. The first-order valence-electron chi connectivity index (χ1n) is 6.93. The minimum Gasteiger partial charge on any atom is -0.298 e. The third kappa shape index (κ3) is 2.21. The number of fused-ring (bicyclic) bond motifs is 1. The van der Waals surface area contributed by atoms with Crippen molar-refractivity contribution in [1.29, 1.82) is 0 Å². The topological polar surface area (TPSA) is 70.7 Å². The van der Waals surface area contributed by atoms with Gasteiger partial charge in [0.2, 0.25) is 0 Å². The van der Waals surface area contributed by atoms with Gasteiger partial charge in [0.15, 0.2) is 5.13 Å². The van der Waals surface area contributed by atoms with Crippen LogP contribution in [0.25, 0.3) is 10.2 Å². The average molecular weight is 298 g/mol. The maximum absolute atomic E-state index is 12.4. The largest absolute Gasteiger partial charge is 0.298 e. The Balaban J connectivity index is 1.63. The third-order valence-corrected chi connectivity index (χ3v) is 4.68. The Bertz CT molecular complexity index is 831. The van der Waals surface area contributed by atoms with Crippen molar-refractivity contribution in [3.8, 4) is 0 Å². The van der Waals surface area contributed by atoms with Gasteiger partial charge in [0, 0.05) is 5.92 Å². The van der Waals surface area contributed by atoms with Gasteiger partial charge in [-0.3, -0.25) is 15.2 Å². The Morgan fingerprint density at radius 1 is 1.43 bits per heavy atom. The number of carbonyl (C=O) groups is 1. The molecule has 1 aliphatic carbocycles. The summed E-state index contributed by atoms with van der Waals surface area (Å²) >= 11 is 1.49. The van der Waals surface area contributed by atoms with Crippen molar-refractivity contribution in [3.63, 3.8) is 0 Å². The smallest absolute Gasteiger partial charge is 0.260 e. The van der Waals surface area contributed by atoms with Crippen LogP contribution in [0.4, 0.5) is 5.13 Å². The highest BCUT2D eigenvalue weighted by molar-refractivity contribution is 7.22. The predicted octanol–water partition coefficient (Wildman–Crippen LogP) is 3.46. The first-order chi connectivity index (χ1) is 10.2. The van der Waals surface area contributed by atoms with Gasteiger partial charge in [-0.15, -0.1) is 0 Å². The molecule has 106 valence electrons.